The molecule has 0 aliphatic carbocycles. The Labute approximate surface area is 122 Å². The van der Waals surface area contributed by atoms with E-state index >= 15 is 0 Å². The minimum absolute atomic E-state index is 0.312. The summed E-state index contributed by atoms with van der Waals surface area (Å²) in [4.78, 5) is 5.26. The van der Waals surface area contributed by atoms with Crippen LogP contribution in [0.15, 0.2) is 52.3 Å². The lowest BCUT2D eigenvalue weighted by Crippen LogP contribution is -2.34. The number of anilines is 2. The van der Waals surface area contributed by atoms with Crippen LogP contribution in [-0.2, 0) is 4.74 Å². The van der Waals surface area contributed by atoms with Crippen molar-refractivity contribution in [2.24, 2.45) is 5.92 Å². The van der Waals surface area contributed by atoms with E-state index in [1.165, 1.54) is 33.2 Å². The van der Waals surface area contributed by atoms with Crippen LogP contribution in [-0.4, -0.2) is 13.2 Å². The molecule has 0 aromatic heterocycles. The van der Waals surface area contributed by atoms with Crippen molar-refractivity contribution in [2.45, 2.75) is 22.3 Å². The van der Waals surface area contributed by atoms with Crippen molar-refractivity contribution in [3.05, 3.63) is 48.0 Å². The first-order valence-electron chi connectivity index (χ1n) is 7.21. The van der Waals surface area contributed by atoms with E-state index in [-0.39, 0.29) is 0 Å². The third-order valence-corrected chi connectivity index (χ3v) is 5.73. The number of hydrogen-bond donors (Lipinski definition) is 0. The summed E-state index contributed by atoms with van der Waals surface area (Å²) in [7, 11) is 0. The Morgan fingerprint density at radius 3 is 2.95 bits per heavy atom. The predicted octanol–water partition coefficient (Wildman–Crippen LogP) is 4.38. The fourth-order valence-electron chi connectivity index (χ4n) is 3.73. The molecule has 0 spiro atoms. The van der Waals surface area contributed by atoms with Gasteiger partial charge in [-0.3, -0.25) is 0 Å². The molecule has 0 saturated carbocycles. The minimum atomic E-state index is 0.312. The predicted molar refractivity (Wildman–Crippen MR) is 80.8 cm³/mol. The highest BCUT2D eigenvalue weighted by Crippen LogP contribution is 2.55. The minimum Gasteiger partial charge on any atom is -0.373 e. The average molecular weight is 281 g/mol. The zero-order valence-corrected chi connectivity index (χ0v) is 11.9. The lowest BCUT2D eigenvalue weighted by atomic mass is 9.88. The van der Waals surface area contributed by atoms with Gasteiger partial charge in [-0.1, -0.05) is 36.0 Å². The Kier molecular flexibility index (Phi) is 2.26. The van der Waals surface area contributed by atoms with Crippen LogP contribution in [0, 0.1) is 5.92 Å². The summed E-state index contributed by atoms with van der Waals surface area (Å²) in [6.07, 6.45) is 1.49. The van der Waals surface area contributed by atoms with Crippen molar-refractivity contribution in [3.8, 4) is 0 Å². The van der Waals surface area contributed by atoms with Gasteiger partial charge in [-0.05, 0) is 24.6 Å². The molecule has 0 amide bonds. The van der Waals surface area contributed by atoms with Crippen LogP contribution in [0.25, 0.3) is 0 Å². The van der Waals surface area contributed by atoms with Crippen LogP contribution >= 0.6 is 11.8 Å². The van der Waals surface area contributed by atoms with E-state index in [9.17, 15) is 0 Å². The fraction of sp³-hybridized carbons (Fsp3) is 0.294. The molecule has 100 valence electrons. The highest BCUT2D eigenvalue weighted by atomic mass is 32.2. The monoisotopic (exact) mass is 281 g/mol. The van der Waals surface area contributed by atoms with Crippen LogP contribution in [0.4, 0.5) is 11.4 Å². The van der Waals surface area contributed by atoms with E-state index in [0.29, 0.717) is 12.0 Å². The smallest absolute Gasteiger partial charge is 0.0891 e. The van der Waals surface area contributed by atoms with Gasteiger partial charge in [0.15, 0.2) is 0 Å². The van der Waals surface area contributed by atoms with Gasteiger partial charge in [0.25, 0.3) is 0 Å². The average Bonchev–Trinajstić information content (AvgIpc) is 2.96. The van der Waals surface area contributed by atoms with Crippen molar-refractivity contribution in [3.63, 3.8) is 0 Å². The van der Waals surface area contributed by atoms with Crippen LogP contribution in [0.1, 0.15) is 18.1 Å². The normalized spacial score (nSPS) is 25.9. The number of para-hydroxylation sites is 2. The van der Waals surface area contributed by atoms with Gasteiger partial charge in [0.05, 0.1) is 17.5 Å². The van der Waals surface area contributed by atoms with Gasteiger partial charge >= 0.3 is 0 Å². The first-order valence-corrected chi connectivity index (χ1v) is 8.02. The van der Waals surface area contributed by atoms with E-state index in [2.05, 4.69) is 47.4 Å². The Hall–Kier alpha value is -1.45. The van der Waals surface area contributed by atoms with Gasteiger partial charge in [0.1, 0.15) is 0 Å². The van der Waals surface area contributed by atoms with Crippen molar-refractivity contribution in [1.82, 2.24) is 0 Å². The molecule has 20 heavy (non-hydrogen) atoms. The Morgan fingerprint density at radius 2 is 1.95 bits per heavy atom. The number of nitrogens with zero attached hydrogens (tertiary/aromatic N) is 1. The van der Waals surface area contributed by atoms with Gasteiger partial charge in [-0.2, -0.15) is 0 Å². The number of benzene rings is 2. The quantitative estimate of drug-likeness (QED) is 0.711. The van der Waals surface area contributed by atoms with Gasteiger partial charge in [0.2, 0.25) is 0 Å². The lowest BCUT2D eigenvalue weighted by molar-refractivity contribution is 0.0892. The molecule has 3 heterocycles. The van der Waals surface area contributed by atoms with E-state index in [4.69, 9.17) is 4.74 Å². The van der Waals surface area contributed by atoms with Gasteiger partial charge in [-0.15, -0.1) is 0 Å². The molecule has 1 saturated heterocycles. The molecule has 3 aliphatic rings. The van der Waals surface area contributed by atoms with Gasteiger partial charge in [-0.25, -0.2) is 0 Å². The molecular formula is C17H15NOS. The number of fused-ring (bicyclic) bond motifs is 4. The first-order chi connectivity index (χ1) is 9.92. The summed E-state index contributed by atoms with van der Waals surface area (Å²) < 4.78 is 6.01. The largest absolute Gasteiger partial charge is 0.373 e. The Balaban J connectivity index is 1.77. The third kappa shape index (κ3) is 1.40. The fourth-order valence-corrected chi connectivity index (χ4v) is 4.87. The second-order valence-electron chi connectivity index (χ2n) is 5.71. The molecule has 0 N–H and O–H groups in total. The lowest BCUT2D eigenvalue weighted by Gasteiger charge is -2.41. The topological polar surface area (TPSA) is 12.5 Å². The van der Waals surface area contributed by atoms with Crippen LogP contribution in [0.2, 0.25) is 0 Å². The van der Waals surface area contributed by atoms with E-state index < -0.39 is 0 Å². The van der Waals surface area contributed by atoms with Crippen molar-refractivity contribution >= 4 is 23.1 Å². The number of hydrogen-bond acceptors (Lipinski definition) is 3. The molecule has 0 unspecified atom stereocenters. The summed E-state index contributed by atoms with van der Waals surface area (Å²) >= 11 is 1.89. The van der Waals surface area contributed by atoms with Gasteiger partial charge < -0.3 is 9.64 Å². The maximum atomic E-state index is 6.01. The summed E-state index contributed by atoms with van der Waals surface area (Å²) in [5.41, 5.74) is 4.14. The molecule has 0 bridgehead atoms. The third-order valence-electron chi connectivity index (χ3n) is 4.61. The highest BCUT2D eigenvalue weighted by molar-refractivity contribution is 7.99. The number of rotatable bonds is 0. The van der Waals surface area contributed by atoms with Crippen molar-refractivity contribution < 1.29 is 4.74 Å². The molecule has 2 nitrogen and oxygen atoms in total. The Bertz CT molecular complexity index is 699. The molecule has 3 aliphatic heterocycles. The van der Waals surface area contributed by atoms with Gasteiger partial charge in [0, 0.05) is 34.4 Å². The maximum absolute atomic E-state index is 6.01. The summed E-state index contributed by atoms with van der Waals surface area (Å²) in [5, 5.41) is 0. The van der Waals surface area contributed by atoms with Crippen molar-refractivity contribution in [2.75, 3.05) is 18.1 Å². The highest BCUT2D eigenvalue weighted by Gasteiger charge is 2.41. The van der Waals surface area contributed by atoms with E-state index in [0.717, 1.165) is 13.2 Å². The van der Waals surface area contributed by atoms with E-state index in [1.54, 1.807) is 0 Å². The van der Waals surface area contributed by atoms with Crippen LogP contribution < -0.4 is 4.90 Å². The van der Waals surface area contributed by atoms with Crippen LogP contribution in [0.3, 0.4) is 0 Å². The zero-order chi connectivity index (χ0) is 13.1. The van der Waals surface area contributed by atoms with Crippen molar-refractivity contribution in [1.29, 1.82) is 0 Å². The molecule has 0 radical (unpaired) electrons. The summed E-state index contributed by atoms with van der Waals surface area (Å²) in [5.74, 6) is 0.633. The zero-order valence-electron chi connectivity index (χ0n) is 11.1. The molecule has 2 aromatic carbocycles. The van der Waals surface area contributed by atoms with Crippen LogP contribution in [0.5, 0.6) is 0 Å². The summed E-state index contributed by atoms with van der Waals surface area (Å²) in [6, 6.07) is 15.4. The SMILES string of the molecule is c1ccc2c(c1)Sc1cccc3c1N2C[C@@H]1CCO[C@H]31. The Morgan fingerprint density at radius 1 is 1.05 bits per heavy atom. The second-order valence-corrected chi connectivity index (χ2v) is 6.80. The second kappa shape index (κ2) is 4.03. The molecular weight excluding hydrogens is 266 g/mol. The molecule has 2 aromatic rings. The molecule has 2 atom stereocenters. The number of ether oxygens (including phenoxy) is 1. The standard InChI is InChI=1S/C17H15NOS/c1-2-6-14-13(5-1)18-10-11-8-9-19-17(11)12-4-3-7-15(20-14)16(12)18/h1-7,11,17H,8-10H2/t11-,17-/m0/s1. The summed E-state index contributed by atoms with van der Waals surface area (Å²) in [6.45, 7) is 1.99. The maximum Gasteiger partial charge on any atom is 0.0891 e. The van der Waals surface area contributed by atoms with E-state index in [1.807, 2.05) is 11.8 Å². The molecule has 1 fully saturated rings. The molecule has 3 heteroatoms. The molecule has 5 rings (SSSR count). The first kappa shape index (κ1) is 11.2.